The molecule has 0 radical (unpaired) electrons. The number of hydrogen-bond acceptors (Lipinski definition) is 8. The van der Waals surface area contributed by atoms with E-state index in [4.69, 9.17) is 28.4 Å². The first-order chi connectivity index (χ1) is 25.2. The molecule has 0 aliphatic carbocycles. The van der Waals surface area contributed by atoms with Crippen molar-refractivity contribution in [2.24, 2.45) is 0 Å². The Labute approximate surface area is 309 Å². The van der Waals surface area contributed by atoms with Gasteiger partial charge < -0.3 is 28.4 Å². The van der Waals surface area contributed by atoms with Crippen molar-refractivity contribution in [1.29, 1.82) is 0 Å². The molecule has 0 spiro atoms. The zero-order chi connectivity index (χ0) is 37.6. The third-order valence-corrected chi connectivity index (χ3v) is 7.47. The second-order valence-corrected chi connectivity index (χ2v) is 11.6. The lowest BCUT2D eigenvalue weighted by molar-refractivity contribution is -0.157. The van der Waals surface area contributed by atoms with Crippen LogP contribution in [-0.4, -0.2) is 63.8 Å². The van der Waals surface area contributed by atoms with Gasteiger partial charge in [-0.1, -0.05) is 54.0 Å². The van der Waals surface area contributed by atoms with E-state index in [-0.39, 0.29) is 11.9 Å². The van der Waals surface area contributed by atoms with Crippen LogP contribution in [0, 0.1) is 23.7 Å². The molecule has 2 unspecified atom stereocenters. The Morgan fingerprint density at radius 2 is 1.00 bits per heavy atom. The van der Waals surface area contributed by atoms with Crippen LogP contribution in [-0.2, 0) is 41.4 Å². The van der Waals surface area contributed by atoms with Crippen LogP contribution < -0.4 is 9.47 Å². The zero-order valence-corrected chi connectivity index (χ0v) is 31.2. The lowest BCUT2D eigenvalue weighted by Gasteiger charge is -2.15. The van der Waals surface area contributed by atoms with E-state index in [2.05, 4.69) is 23.7 Å². The summed E-state index contributed by atoms with van der Waals surface area (Å²) in [4.78, 5) is 24.3. The maximum atomic E-state index is 12.1. The molecule has 8 nitrogen and oxygen atoms in total. The van der Waals surface area contributed by atoms with Crippen LogP contribution in [0.1, 0.15) is 63.8 Å². The standard InChI is InChI=1S/C44H50O8/c1-7-47-41(43(45)49-9-3)31-37-18-22-39(23-19-37)51-28-26-33(5)14-16-35-12-11-13-36(30-35)17-15-34(6)27-29-52-40-24-20-38(21-25-40)32-42(48-8-2)44(46)50-10-4/h11-13,18-27,30,41-42H,7-10,28-29,31-32H2,1-6H3. The second kappa shape index (κ2) is 23.2. The van der Waals surface area contributed by atoms with E-state index in [1.165, 1.54) is 0 Å². The molecule has 3 aromatic rings. The SMILES string of the molecule is CCOC(=O)C(Cc1ccc(OCC=C(C)C#Cc2cccc(C#CC(C)=CCOc3ccc(CC(OCC)C(=O)OCC)cc3)c2)cc1)OCC. The highest BCUT2D eigenvalue weighted by atomic mass is 16.6. The molecule has 274 valence electrons. The third-order valence-electron chi connectivity index (χ3n) is 7.47. The fourth-order valence-corrected chi connectivity index (χ4v) is 4.81. The lowest BCUT2D eigenvalue weighted by Crippen LogP contribution is -2.28. The minimum Gasteiger partial charge on any atom is -0.490 e. The number of benzene rings is 3. The van der Waals surface area contributed by atoms with Crippen molar-refractivity contribution in [3.8, 4) is 35.2 Å². The summed E-state index contributed by atoms with van der Waals surface area (Å²) in [6.07, 6.45) is 3.51. The molecule has 0 aliphatic heterocycles. The fraction of sp³-hybridized carbons (Fsp3) is 0.364. The number of rotatable bonds is 18. The van der Waals surface area contributed by atoms with Crippen LogP contribution >= 0.6 is 0 Å². The molecule has 0 saturated heterocycles. The van der Waals surface area contributed by atoms with Crippen molar-refractivity contribution in [1.82, 2.24) is 0 Å². The quantitative estimate of drug-likeness (QED) is 0.0996. The van der Waals surface area contributed by atoms with Crippen LogP contribution in [0.5, 0.6) is 11.5 Å². The van der Waals surface area contributed by atoms with Gasteiger partial charge in [0.2, 0.25) is 0 Å². The van der Waals surface area contributed by atoms with Crippen LogP contribution in [0.2, 0.25) is 0 Å². The number of hydrogen-bond donors (Lipinski definition) is 0. The molecule has 0 saturated carbocycles. The Kier molecular flexibility index (Phi) is 18.4. The lowest BCUT2D eigenvalue weighted by atomic mass is 10.1. The molecule has 8 heteroatoms. The van der Waals surface area contributed by atoms with E-state index < -0.39 is 12.2 Å². The number of esters is 2. The molecule has 0 amide bonds. The summed E-state index contributed by atoms with van der Waals surface area (Å²) in [5, 5.41) is 0. The molecule has 0 heterocycles. The normalized spacial score (nSPS) is 12.3. The monoisotopic (exact) mass is 706 g/mol. The molecule has 52 heavy (non-hydrogen) atoms. The van der Waals surface area contributed by atoms with Gasteiger partial charge in [-0.05, 0) is 118 Å². The van der Waals surface area contributed by atoms with Gasteiger partial charge in [-0.3, -0.25) is 0 Å². The number of carbonyl (C=O) groups excluding carboxylic acids is 2. The summed E-state index contributed by atoms with van der Waals surface area (Å²) in [7, 11) is 0. The third kappa shape index (κ3) is 15.3. The van der Waals surface area contributed by atoms with Gasteiger partial charge >= 0.3 is 11.9 Å². The fourth-order valence-electron chi connectivity index (χ4n) is 4.81. The second-order valence-electron chi connectivity index (χ2n) is 11.6. The summed E-state index contributed by atoms with van der Waals surface area (Å²) in [6.45, 7) is 13.4. The predicted molar refractivity (Wildman–Crippen MR) is 203 cm³/mol. The van der Waals surface area contributed by atoms with Crippen molar-refractivity contribution >= 4 is 11.9 Å². The first-order valence-electron chi connectivity index (χ1n) is 17.7. The van der Waals surface area contributed by atoms with Gasteiger partial charge in [-0.25, -0.2) is 9.59 Å². The van der Waals surface area contributed by atoms with E-state index in [1.54, 1.807) is 13.8 Å². The number of ether oxygens (including phenoxy) is 6. The minimum absolute atomic E-state index is 0.321. The van der Waals surface area contributed by atoms with Gasteiger partial charge in [0.15, 0.2) is 12.2 Å². The molecule has 0 N–H and O–H groups in total. The van der Waals surface area contributed by atoms with Gasteiger partial charge in [-0.15, -0.1) is 0 Å². The van der Waals surface area contributed by atoms with Crippen molar-refractivity contribution in [2.75, 3.05) is 39.6 Å². The van der Waals surface area contributed by atoms with E-state index in [1.807, 2.05) is 113 Å². The maximum absolute atomic E-state index is 12.1. The molecule has 0 bridgehead atoms. The summed E-state index contributed by atoms with van der Waals surface area (Å²) in [6, 6.07) is 23.0. The largest absolute Gasteiger partial charge is 0.490 e. The smallest absolute Gasteiger partial charge is 0.335 e. The van der Waals surface area contributed by atoms with E-state index >= 15 is 0 Å². The summed E-state index contributed by atoms with van der Waals surface area (Å²) in [5.74, 6) is 13.5. The summed E-state index contributed by atoms with van der Waals surface area (Å²) < 4.78 is 33.1. The first-order valence-corrected chi connectivity index (χ1v) is 17.7. The van der Waals surface area contributed by atoms with Gasteiger partial charge in [0.1, 0.15) is 24.7 Å². The van der Waals surface area contributed by atoms with Crippen molar-refractivity contribution in [3.63, 3.8) is 0 Å². The van der Waals surface area contributed by atoms with Gasteiger partial charge in [0.05, 0.1) is 13.2 Å². The molecule has 3 aromatic carbocycles. The van der Waals surface area contributed by atoms with Crippen LogP contribution in [0.3, 0.4) is 0 Å². The Morgan fingerprint density at radius 3 is 1.37 bits per heavy atom. The van der Waals surface area contributed by atoms with Crippen molar-refractivity contribution in [3.05, 3.63) is 118 Å². The Balaban J connectivity index is 1.47. The molecular formula is C44H50O8. The highest BCUT2D eigenvalue weighted by molar-refractivity contribution is 5.75. The van der Waals surface area contributed by atoms with Crippen LogP contribution in [0.25, 0.3) is 0 Å². The Bertz CT molecular complexity index is 1620. The Morgan fingerprint density at radius 1 is 0.596 bits per heavy atom. The molecule has 3 rings (SSSR count). The van der Waals surface area contributed by atoms with Crippen LogP contribution in [0.15, 0.2) is 96.1 Å². The highest BCUT2D eigenvalue weighted by Gasteiger charge is 2.21. The molecule has 0 fully saturated rings. The van der Waals surface area contributed by atoms with Crippen LogP contribution in [0.4, 0.5) is 0 Å². The summed E-state index contributed by atoms with van der Waals surface area (Å²) >= 11 is 0. The average Bonchev–Trinajstić information content (AvgIpc) is 3.14. The number of allylic oxidation sites excluding steroid dienone is 2. The number of carbonyl (C=O) groups is 2. The van der Waals surface area contributed by atoms with Crippen molar-refractivity contribution < 1.29 is 38.0 Å². The summed E-state index contributed by atoms with van der Waals surface area (Å²) in [5.41, 5.74) is 5.44. The van der Waals surface area contributed by atoms with Gasteiger partial charge in [0, 0.05) is 37.2 Å². The van der Waals surface area contributed by atoms with Gasteiger partial charge in [0.25, 0.3) is 0 Å². The van der Waals surface area contributed by atoms with Crippen molar-refractivity contribution in [2.45, 2.75) is 66.6 Å². The highest BCUT2D eigenvalue weighted by Crippen LogP contribution is 2.17. The first kappa shape index (κ1) is 41.1. The average molecular weight is 707 g/mol. The zero-order valence-electron chi connectivity index (χ0n) is 31.2. The molecule has 2 atom stereocenters. The van der Waals surface area contributed by atoms with E-state index in [9.17, 15) is 9.59 Å². The predicted octanol–water partition coefficient (Wildman–Crippen LogP) is 7.46. The topological polar surface area (TPSA) is 89.5 Å². The molecule has 0 aromatic heterocycles. The Hall–Kier alpha value is -5.28. The maximum Gasteiger partial charge on any atom is 0.335 e. The van der Waals surface area contributed by atoms with E-state index in [0.29, 0.717) is 52.5 Å². The molecular weight excluding hydrogens is 656 g/mol. The van der Waals surface area contributed by atoms with Gasteiger partial charge in [-0.2, -0.15) is 0 Å². The van der Waals surface area contributed by atoms with E-state index in [0.717, 1.165) is 44.9 Å². The molecule has 0 aliphatic rings. The minimum atomic E-state index is -0.621.